The Morgan fingerprint density at radius 1 is 1.43 bits per heavy atom. The fourth-order valence-corrected chi connectivity index (χ4v) is 2.54. The summed E-state index contributed by atoms with van der Waals surface area (Å²) in [6, 6.07) is 6.72. The van der Waals surface area contributed by atoms with Crippen molar-refractivity contribution >= 4 is 29.0 Å². The monoisotopic (exact) mass is 326 g/mol. The second-order valence-electron chi connectivity index (χ2n) is 4.81. The van der Waals surface area contributed by atoms with Crippen LogP contribution in [-0.2, 0) is 4.74 Å². The lowest BCUT2D eigenvalue weighted by molar-refractivity contribution is 0.0453. The number of carbonyl (C=O) groups excluding carboxylic acids is 1. The molecular weight excluding hydrogens is 311 g/mol. The Kier molecular flexibility index (Phi) is 5.09. The van der Waals surface area contributed by atoms with Crippen molar-refractivity contribution in [3.63, 3.8) is 0 Å². The lowest BCUT2D eigenvalue weighted by Gasteiger charge is -2.27. The van der Waals surface area contributed by atoms with Crippen LogP contribution in [0.2, 0.25) is 5.02 Å². The maximum Gasteiger partial charge on any atom is 0.197 e. The zero-order valence-electron chi connectivity index (χ0n) is 11.6. The summed E-state index contributed by atoms with van der Waals surface area (Å²) in [5.74, 6) is -0.419. The molecule has 0 saturated heterocycles. The minimum Gasteiger partial charge on any atom is -0.511 e. The number of aliphatic hydroxyl groups is 1. The van der Waals surface area contributed by atoms with Crippen molar-refractivity contribution in [2.45, 2.75) is 24.8 Å². The normalized spacial score (nSPS) is 21.7. The number of carbonyl (C=O) groups is 1. The molecule has 21 heavy (non-hydrogen) atoms. The van der Waals surface area contributed by atoms with Crippen molar-refractivity contribution in [3.05, 3.63) is 58.3 Å². The highest BCUT2D eigenvalue weighted by Crippen LogP contribution is 2.34. The van der Waals surface area contributed by atoms with E-state index in [0.717, 1.165) is 6.42 Å². The largest absolute Gasteiger partial charge is 0.511 e. The van der Waals surface area contributed by atoms with Crippen LogP contribution < -0.4 is 0 Å². The van der Waals surface area contributed by atoms with Gasteiger partial charge in [-0.3, -0.25) is 4.79 Å². The first-order valence-electron chi connectivity index (χ1n) is 6.70. The number of hydrogen-bond acceptors (Lipinski definition) is 3. The zero-order valence-corrected chi connectivity index (χ0v) is 13.1. The van der Waals surface area contributed by atoms with Gasteiger partial charge < -0.3 is 9.84 Å². The van der Waals surface area contributed by atoms with Crippen LogP contribution >= 0.6 is 23.2 Å². The van der Waals surface area contributed by atoms with E-state index < -0.39 is 5.06 Å². The summed E-state index contributed by atoms with van der Waals surface area (Å²) in [5, 5.41) is 9.38. The molecular formula is C16H16Cl2O3. The van der Waals surface area contributed by atoms with E-state index in [1.54, 1.807) is 30.3 Å². The molecule has 0 saturated carbocycles. The van der Waals surface area contributed by atoms with E-state index >= 15 is 0 Å². The van der Waals surface area contributed by atoms with Crippen molar-refractivity contribution in [1.82, 2.24) is 0 Å². The van der Waals surface area contributed by atoms with Gasteiger partial charge in [0.05, 0.1) is 17.0 Å². The van der Waals surface area contributed by atoms with E-state index in [4.69, 9.17) is 27.9 Å². The standard InChI is InChI=1S/C16H16Cl2O3/c1-2-9-21-16(18)8-7-12(14(19)10-16)15(20)11-5-3-4-6-13(11)17/h3-8,19H,2,9-10H2,1H3. The molecule has 0 aliphatic heterocycles. The number of Topliss-reactive ketones (excluding diaryl/α,β-unsaturated/α-hetero) is 1. The van der Waals surface area contributed by atoms with Crippen molar-refractivity contribution in [2.75, 3.05) is 6.61 Å². The van der Waals surface area contributed by atoms with Crippen LogP contribution in [0.1, 0.15) is 30.1 Å². The van der Waals surface area contributed by atoms with Crippen LogP contribution in [0.15, 0.2) is 47.7 Å². The predicted molar refractivity (Wildman–Crippen MR) is 84.0 cm³/mol. The minimum absolute atomic E-state index is 0.0522. The van der Waals surface area contributed by atoms with Gasteiger partial charge in [0, 0.05) is 12.2 Å². The van der Waals surface area contributed by atoms with Gasteiger partial charge in [-0.2, -0.15) is 0 Å². The maximum atomic E-state index is 12.4. The fraction of sp³-hybridized carbons (Fsp3) is 0.312. The Labute approximate surface area is 133 Å². The van der Waals surface area contributed by atoms with Crippen LogP contribution in [0, 0.1) is 0 Å². The summed E-state index contributed by atoms with van der Waals surface area (Å²) in [4.78, 5) is 12.4. The second-order valence-corrected chi connectivity index (χ2v) is 5.86. The first-order valence-corrected chi connectivity index (χ1v) is 7.46. The molecule has 0 spiro atoms. The van der Waals surface area contributed by atoms with Crippen LogP contribution in [-0.4, -0.2) is 22.6 Å². The average Bonchev–Trinajstić information content (AvgIpc) is 2.45. The van der Waals surface area contributed by atoms with Crippen LogP contribution in [0.25, 0.3) is 0 Å². The molecule has 2 rings (SSSR count). The molecule has 0 fully saturated rings. The second kappa shape index (κ2) is 6.65. The number of rotatable bonds is 5. The Balaban J connectivity index is 2.23. The van der Waals surface area contributed by atoms with E-state index in [1.807, 2.05) is 6.92 Å². The smallest absolute Gasteiger partial charge is 0.197 e. The van der Waals surface area contributed by atoms with Crippen molar-refractivity contribution in [1.29, 1.82) is 0 Å². The van der Waals surface area contributed by atoms with Crippen molar-refractivity contribution in [2.24, 2.45) is 0 Å². The van der Waals surface area contributed by atoms with Crippen LogP contribution in [0.3, 0.4) is 0 Å². The highest BCUT2D eigenvalue weighted by molar-refractivity contribution is 6.35. The first kappa shape index (κ1) is 16.1. The van der Waals surface area contributed by atoms with E-state index in [-0.39, 0.29) is 23.5 Å². The molecule has 1 aliphatic carbocycles. The van der Waals surface area contributed by atoms with E-state index in [2.05, 4.69) is 0 Å². The molecule has 1 atom stereocenters. The van der Waals surface area contributed by atoms with Gasteiger partial charge in [-0.25, -0.2) is 0 Å². The lowest BCUT2D eigenvalue weighted by atomic mass is 9.95. The van der Waals surface area contributed by atoms with Crippen molar-refractivity contribution in [3.8, 4) is 0 Å². The number of aliphatic hydroxyl groups excluding tert-OH is 1. The van der Waals surface area contributed by atoms with Gasteiger partial charge in [-0.05, 0) is 30.7 Å². The number of ether oxygens (including phenoxy) is 1. The third-order valence-corrected chi connectivity index (χ3v) is 3.83. The SMILES string of the molecule is CCCOC1(Cl)C=CC(C(=O)c2ccccc2Cl)=C(O)C1. The third-order valence-electron chi connectivity index (χ3n) is 3.13. The summed E-state index contributed by atoms with van der Waals surface area (Å²) in [6.45, 7) is 2.45. The van der Waals surface area contributed by atoms with Crippen molar-refractivity contribution < 1.29 is 14.6 Å². The summed E-state index contributed by atoms with van der Waals surface area (Å²) in [6.07, 6.45) is 3.95. The highest BCUT2D eigenvalue weighted by Gasteiger charge is 2.32. The van der Waals surface area contributed by atoms with Crippen LogP contribution in [0.4, 0.5) is 0 Å². The Hall–Kier alpha value is -1.29. The van der Waals surface area contributed by atoms with E-state index in [9.17, 15) is 9.90 Å². The zero-order chi connectivity index (χ0) is 15.5. The lowest BCUT2D eigenvalue weighted by Crippen LogP contribution is -2.28. The summed E-state index contributed by atoms with van der Waals surface area (Å²) in [7, 11) is 0. The molecule has 1 unspecified atom stereocenters. The van der Waals surface area contributed by atoms with Gasteiger partial charge in [0.25, 0.3) is 0 Å². The highest BCUT2D eigenvalue weighted by atomic mass is 35.5. The molecule has 1 aromatic rings. The van der Waals surface area contributed by atoms with Gasteiger partial charge in [-0.1, -0.05) is 42.3 Å². The maximum absolute atomic E-state index is 12.4. The summed E-state index contributed by atoms with van der Waals surface area (Å²) >= 11 is 12.3. The molecule has 112 valence electrons. The van der Waals surface area contributed by atoms with E-state index in [1.165, 1.54) is 6.08 Å². The number of allylic oxidation sites excluding steroid dienone is 2. The molecule has 0 heterocycles. The summed E-state index contributed by atoms with van der Waals surface area (Å²) < 4.78 is 5.49. The molecule has 3 nitrogen and oxygen atoms in total. The number of ketones is 1. The Morgan fingerprint density at radius 2 is 2.14 bits per heavy atom. The average molecular weight is 327 g/mol. The number of halogens is 2. The predicted octanol–water partition coefficient (Wildman–Crippen LogP) is 4.66. The Bertz CT molecular complexity index is 607. The summed E-state index contributed by atoms with van der Waals surface area (Å²) in [5.41, 5.74) is 0.543. The van der Waals surface area contributed by atoms with E-state index in [0.29, 0.717) is 17.2 Å². The fourth-order valence-electron chi connectivity index (χ4n) is 2.05. The Morgan fingerprint density at radius 3 is 2.76 bits per heavy atom. The molecule has 1 aromatic carbocycles. The topological polar surface area (TPSA) is 46.5 Å². The van der Waals surface area contributed by atoms with Gasteiger partial charge in [0.15, 0.2) is 10.8 Å². The third kappa shape index (κ3) is 3.67. The quantitative estimate of drug-likeness (QED) is 0.632. The first-order chi connectivity index (χ1) is 9.97. The number of hydrogen-bond donors (Lipinski definition) is 1. The molecule has 1 N–H and O–H groups in total. The number of benzene rings is 1. The molecule has 0 aromatic heterocycles. The van der Waals surface area contributed by atoms with Crippen LogP contribution in [0.5, 0.6) is 0 Å². The van der Waals surface area contributed by atoms with Gasteiger partial charge in [0.2, 0.25) is 0 Å². The molecule has 0 amide bonds. The molecule has 5 heteroatoms. The van der Waals surface area contributed by atoms with Gasteiger partial charge in [-0.15, -0.1) is 0 Å². The molecule has 0 bridgehead atoms. The van der Waals surface area contributed by atoms with Gasteiger partial charge in [0.1, 0.15) is 5.76 Å². The van der Waals surface area contributed by atoms with Gasteiger partial charge >= 0.3 is 0 Å². The molecule has 1 aliphatic rings. The molecule has 0 radical (unpaired) electrons. The number of alkyl halides is 1. The minimum atomic E-state index is -1.09.